The molecule has 0 unspecified atom stereocenters. The van der Waals surface area contributed by atoms with Gasteiger partial charge in [0.2, 0.25) is 0 Å². The van der Waals surface area contributed by atoms with E-state index in [4.69, 9.17) is 18.0 Å². The Labute approximate surface area is 180 Å². The van der Waals surface area contributed by atoms with Gasteiger partial charge in [0.15, 0.2) is 10.8 Å². The summed E-state index contributed by atoms with van der Waals surface area (Å²) in [6, 6.07) is 15.4. The monoisotopic (exact) mass is 423 g/mol. The fourth-order valence-electron chi connectivity index (χ4n) is 3.22. The van der Waals surface area contributed by atoms with Gasteiger partial charge in [0, 0.05) is 12.2 Å². The summed E-state index contributed by atoms with van der Waals surface area (Å²) >= 11 is 5.59. The molecule has 0 radical (unpaired) electrons. The summed E-state index contributed by atoms with van der Waals surface area (Å²) in [5, 5.41) is 3.53. The predicted octanol–water partition coefficient (Wildman–Crippen LogP) is 3.01. The topological polar surface area (TPSA) is 96.2 Å². The number of aromatic amines is 1. The third-order valence-electron chi connectivity index (χ3n) is 4.86. The van der Waals surface area contributed by atoms with Crippen LogP contribution < -0.4 is 27.2 Å². The zero-order valence-electron chi connectivity index (χ0n) is 17.2. The molecule has 0 spiro atoms. The molecule has 0 saturated heterocycles. The van der Waals surface area contributed by atoms with Gasteiger partial charge in [0.1, 0.15) is 5.82 Å². The van der Waals surface area contributed by atoms with Crippen LogP contribution in [0.5, 0.6) is 0 Å². The van der Waals surface area contributed by atoms with E-state index in [0.29, 0.717) is 11.7 Å². The van der Waals surface area contributed by atoms with Crippen LogP contribution in [0.25, 0.3) is 0 Å². The summed E-state index contributed by atoms with van der Waals surface area (Å²) in [4.78, 5) is 29.1. The van der Waals surface area contributed by atoms with Gasteiger partial charge in [-0.1, -0.05) is 42.5 Å². The standard InChI is InChI=1S/C22H25N5O2S/c1-4-26(22(30)24-17-12-14(2)10-11-15(17)3)18-19(23)27(21(29)25-20(18)28)13-16-8-6-5-7-9-16/h5-12H,4,13,23H2,1-3H3,(H,24,30)(H,25,28,29). The van der Waals surface area contributed by atoms with Crippen LogP contribution in [0.15, 0.2) is 58.1 Å². The number of nitrogens with one attached hydrogen (secondary N) is 2. The second-order valence-electron chi connectivity index (χ2n) is 7.06. The third kappa shape index (κ3) is 4.44. The van der Waals surface area contributed by atoms with Crippen LogP contribution >= 0.6 is 12.2 Å². The van der Waals surface area contributed by atoms with E-state index >= 15 is 0 Å². The normalized spacial score (nSPS) is 10.6. The van der Waals surface area contributed by atoms with Crippen molar-refractivity contribution in [2.24, 2.45) is 0 Å². The van der Waals surface area contributed by atoms with Gasteiger partial charge in [-0.15, -0.1) is 0 Å². The van der Waals surface area contributed by atoms with Gasteiger partial charge >= 0.3 is 5.69 Å². The fraction of sp³-hybridized carbons (Fsp3) is 0.227. The molecule has 7 nitrogen and oxygen atoms in total. The number of benzene rings is 2. The second-order valence-corrected chi connectivity index (χ2v) is 7.44. The Bertz CT molecular complexity index is 1180. The maximum atomic E-state index is 12.7. The zero-order chi connectivity index (χ0) is 21.8. The first-order valence-electron chi connectivity index (χ1n) is 9.64. The van der Waals surface area contributed by atoms with Gasteiger partial charge in [0.05, 0.1) is 6.54 Å². The van der Waals surface area contributed by atoms with Crippen LogP contribution in [0.2, 0.25) is 0 Å². The van der Waals surface area contributed by atoms with Crippen LogP contribution in [0.1, 0.15) is 23.6 Å². The van der Waals surface area contributed by atoms with Crippen LogP contribution in [0, 0.1) is 13.8 Å². The molecule has 4 N–H and O–H groups in total. The highest BCUT2D eigenvalue weighted by atomic mass is 32.1. The lowest BCUT2D eigenvalue weighted by atomic mass is 10.1. The average molecular weight is 424 g/mol. The van der Waals surface area contributed by atoms with Crippen molar-refractivity contribution in [3.05, 3.63) is 86.1 Å². The molecular formula is C22H25N5O2S. The van der Waals surface area contributed by atoms with E-state index in [2.05, 4.69) is 10.3 Å². The Balaban J connectivity index is 2.00. The molecule has 0 amide bonds. The van der Waals surface area contributed by atoms with Gasteiger partial charge in [0.25, 0.3) is 5.56 Å². The smallest absolute Gasteiger partial charge is 0.330 e. The molecule has 1 heterocycles. The highest BCUT2D eigenvalue weighted by Crippen LogP contribution is 2.21. The number of aryl methyl sites for hydroxylation is 2. The Hall–Kier alpha value is -3.39. The van der Waals surface area contributed by atoms with E-state index < -0.39 is 11.2 Å². The number of hydrogen-bond donors (Lipinski definition) is 3. The second kappa shape index (κ2) is 8.96. The molecule has 30 heavy (non-hydrogen) atoms. The van der Waals surface area contributed by atoms with Crippen LogP contribution in [0.3, 0.4) is 0 Å². The van der Waals surface area contributed by atoms with E-state index in [1.807, 2.05) is 69.3 Å². The molecule has 0 fully saturated rings. The summed E-state index contributed by atoms with van der Waals surface area (Å²) in [7, 11) is 0. The lowest BCUT2D eigenvalue weighted by Crippen LogP contribution is -2.42. The molecule has 0 aliphatic carbocycles. The van der Waals surface area contributed by atoms with Crippen molar-refractivity contribution in [2.75, 3.05) is 22.5 Å². The number of rotatable bonds is 5. The molecule has 3 aromatic rings. The minimum atomic E-state index is -0.575. The third-order valence-corrected chi connectivity index (χ3v) is 5.19. The molecule has 156 valence electrons. The molecule has 0 atom stereocenters. The van der Waals surface area contributed by atoms with Crippen LogP contribution in [0.4, 0.5) is 17.2 Å². The molecule has 8 heteroatoms. The van der Waals surface area contributed by atoms with Crippen molar-refractivity contribution < 1.29 is 0 Å². The highest BCUT2D eigenvalue weighted by Gasteiger charge is 2.21. The first-order valence-corrected chi connectivity index (χ1v) is 10.0. The molecule has 2 aromatic carbocycles. The molecule has 1 aromatic heterocycles. The summed E-state index contributed by atoms with van der Waals surface area (Å²) in [5.41, 5.74) is 9.18. The largest absolute Gasteiger partial charge is 0.383 e. The Morgan fingerprint density at radius 2 is 1.87 bits per heavy atom. The van der Waals surface area contributed by atoms with Crippen molar-refractivity contribution in [3.63, 3.8) is 0 Å². The Kier molecular flexibility index (Phi) is 6.37. The van der Waals surface area contributed by atoms with Crippen molar-refractivity contribution >= 4 is 34.5 Å². The predicted molar refractivity (Wildman–Crippen MR) is 126 cm³/mol. The summed E-state index contributed by atoms with van der Waals surface area (Å²) in [5.74, 6) is 0.0690. The van der Waals surface area contributed by atoms with Crippen molar-refractivity contribution in [1.82, 2.24) is 9.55 Å². The van der Waals surface area contributed by atoms with E-state index in [9.17, 15) is 9.59 Å². The minimum Gasteiger partial charge on any atom is -0.383 e. The molecule has 0 aliphatic rings. The van der Waals surface area contributed by atoms with Gasteiger partial charge in [-0.2, -0.15) is 0 Å². The van der Waals surface area contributed by atoms with Crippen molar-refractivity contribution in [1.29, 1.82) is 0 Å². The van der Waals surface area contributed by atoms with Gasteiger partial charge < -0.3 is 16.0 Å². The quantitative estimate of drug-likeness (QED) is 0.546. The SMILES string of the molecule is CCN(C(=S)Nc1cc(C)ccc1C)c1c(N)n(Cc2ccccc2)c(=O)[nH]c1=O. The maximum absolute atomic E-state index is 12.7. The van der Waals surface area contributed by atoms with E-state index in [-0.39, 0.29) is 18.1 Å². The van der Waals surface area contributed by atoms with Crippen LogP contribution in [-0.2, 0) is 6.54 Å². The highest BCUT2D eigenvalue weighted by molar-refractivity contribution is 7.80. The fourth-order valence-corrected chi connectivity index (χ4v) is 3.55. The number of H-pyrrole nitrogens is 1. The van der Waals surface area contributed by atoms with E-state index in [1.165, 1.54) is 4.57 Å². The lowest BCUT2D eigenvalue weighted by Gasteiger charge is -2.26. The average Bonchev–Trinajstić information content (AvgIpc) is 2.71. The first-order chi connectivity index (χ1) is 14.3. The lowest BCUT2D eigenvalue weighted by molar-refractivity contribution is 0.730. The summed E-state index contributed by atoms with van der Waals surface area (Å²) in [6.07, 6.45) is 0. The minimum absolute atomic E-state index is 0.0690. The maximum Gasteiger partial charge on any atom is 0.330 e. The molecule has 0 saturated carbocycles. The zero-order valence-corrected chi connectivity index (χ0v) is 18.0. The first kappa shape index (κ1) is 21.3. The molecule has 3 rings (SSSR count). The Morgan fingerprint density at radius 1 is 1.17 bits per heavy atom. The number of nitrogens with zero attached hydrogens (tertiary/aromatic N) is 2. The van der Waals surface area contributed by atoms with Crippen molar-refractivity contribution in [3.8, 4) is 0 Å². The number of aromatic nitrogens is 2. The van der Waals surface area contributed by atoms with E-state index in [1.54, 1.807) is 4.90 Å². The molecular weight excluding hydrogens is 398 g/mol. The number of anilines is 3. The van der Waals surface area contributed by atoms with Crippen molar-refractivity contribution in [2.45, 2.75) is 27.3 Å². The number of thiocarbonyl (C=S) groups is 1. The van der Waals surface area contributed by atoms with E-state index in [0.717, 1.165) is 22.4 Å². The summed E-state index contributed by atoms with van der Waals surface area (Å²) in [6.45, 7) is 6.47. The number of nitrogens with two attached hydrogens (primary N) is 1. The molecule has 0 aliphatic heterocycles. The molecule has 0 bridgehead atoms. The number of hydrogen-bond acceptors (Lipinski definition) is 4. The number of nitrogen functional groups attached to an aromatic ring is 1. The van der Waals surface area contributed by atoms with Crippen LogP contribution in [-0.4, -0.2) is 21.2 Å². The van der Waals surface area contributed by atoms with Gasteiger partial charge in [-0.25, -0.2) is 4.79 Å². The summed E-state index contributed by atoms with van der Waals surface area (Å²) < 4.78 is 1.34. The Morgan fingerprint density at radius 3 is 2.53 bits per heavy atom. The van der Waals surface area contributed by atoms with Gasteiger partial charge in [-0.05, 0) is 55.7 Å². The van der Waals surface area contributed by atoms with Gasteiger partial charge in [-0.3, -0.25) is 14.3 Å².